The maximum Gasteiger partial charge on any atom is 0.339 e. The summed E-state index contributed by atoms with van der Waals surface area (Å²) in [6.07, 6.45) is 6.30. The van der Waals surface area contributed by atoms with Crippen molar-refractivity contribution in [1.29, 1.82) is 0 Å². The van der Waals surface area contributed by atoms with Crippen molar-refractivity contribution in [3.8, 4) is 5.75 Å². The quantitative estimate of drug-likeness (QED) is 0.322. The lowest BCUT2D eigenvalue weighted by Gasteiger charge is -2.14. The molecule has 3 rings (SSSR count). The molecule has 1 N–H and O–H groups in total. The number of carbonyl (C=O) groups is 1. The van der Waals surface area contributed by atoms with E-state index in [4.69, 9.17) is 9.72 Å². The first-order chi connectivity index (χ1) is 16.8. The molecule has 0 saturated heterocycles. The largest absolute Gasteiger partial charge is 0.493 e. The number of carboxylic acids is 1. The Labute approximate surface area is 203 Å². The minimum absolute atomic E-state index is 0.152. The van der Waals surface area contributed by atoms with E-state index in [0.717, 1.165) is 29.0 Å². The minimum Gasteiger partial charge on any atom is -0.493 e. The van der Waals surface area contributed by atoms with E-state index >= 15 is 0 Å². The van der Waals surface area contributed by atoms with Crippen LogP contribution in [0.2, 0.25) is 0 Å². The Morgan fingerprint density at radius 2 is 1.91 bits per heavy atom. The Hall–Kier alpha value is -3.55. The van der Waals surface area contributed by atoms with Crippen LogP contribution in [-0.4, -0.2) is 40.8 Å². The molecule has 3 aromatic rings. The van der Waals surface area contributed by atoms with Crippen molar-refractivity contribution in [2.75, 3.05) is 20.2 Å². The van der Waals surface area contributed by atoms with Gasteiger partial charge in [0, 0.05) is 13.0 Å². The molecular weight excluding hydrogens is 457 g/mol. The van der Waals surface area contributed by atoms with E-state index in [1.807, 2.05) is 37.3 Å². The second-order valence-electron chi connectivity index (χ2n) is 7.98. The number of benzene rings is 2. The van der Waals surface area contributed by atoms with Crippen molar-refractivity contribution in [3.63, 3.8) is 0 Å². The van der Waals surface area contributed by atoms with Crippen LogP contribution >= 0.6 is 0 Å². The molecule has 1 aromatic heterocycles. The van der Waals surface area contributed by atoms with Gasteiger partial charge in [-0.05, 0) is 55.2 Å². The average molecular weight is 489 g/mol. The van der Waals surface area contributed by atoms with Crippen molar-refractivity contribution in [2.24, 2.45) is 5.92 Å². The monoisotopic (exact) mass is 488 g/mol. The van der Waals surface area contributed by atoms with Crippen molar-refractivity contribution >= 4 is 17.0 Å². The summed E-state index contributed by atoms with van der Waals surface area (Å²) in [7, 11) is 0. The number of ether oxygens (including phenoxy) is 1. The number of hydrogen-bond donors (Lipinski definition) is 1. The highest BCUT2D eigenvalue weighted by molar-refractivity contribution is 5.91. The van der Waals surface area contributed by atoms with Crippen LogP contribution < -0.4 is 4.74 Å². The zero-order chi connectivity index (χ0) is 25.8. The van der Waals surface area contributed by atoms with E-state index in [-0.39, 0.29) is 11.5 Å². The Morgan fingerprint density at radius 1 is 1.20 bits per heavy atom. The summed E-state index contributed by atoms with van der Waals surface area (Å²) in [6, 6.07) is 13.2. The summed E-state index contributed by atoms with van der Waals surface area (Å²) < 4.78 is 39.6. The topological polar surface area (TPSA) is 64.4 Å². The lowest BCUT2D eigenvalue weighted by molar-refractivity contribution is 0.0692. The van der Waals surface area contributed by atoms with E-state index in [2.05, 4.69) is 23.6 Å². The fraction of sp³-hybridized carbons (Fsp3) is 0.333. The Balaban J connectivity index is 0.00000137. The number of rotatable bonds is 10. The van der Waals surface area contributed by atoms with Gasteiger partial charge in [0.05, 0.1) is 17.6 Å². The lowest BCUT2D eigenvalue weighted by atomic mass is 10.1. The van der Waals surface area contributed by atoms with Crippen LogP contribution in [0.15, 0.2) is 66.3 Å². The summed E-state index contributed by atoms with van der Waals surface area (Å²) in [6.45, 7) is 4.63. The SMILES string of the molecule is CCOc1cc(Cc2nc3ccccc3n2CC(C)/C=C\C=C(/C)CF)ccc1C(=O)O.FCF. The van der Waals surface area contributed by atoms with Crippen molar-refractivity contribution in [3.05, 3.63) is 83.2 Å². The smallest absolute Gasteiger partial charge is 0.339 e. The molecule has 0 aliphatic heterocycles. The summed E-state index contributed by atoms with van der Waals surface area (Å²) in [5, 5.41) is 9.40. The van der Waals surface area contributed by atoms with Crippen molar-refractivity contribution < 1.29 is 27.8 Å². The summed E-state index contributed by atoms with van der Waals surface area (Å²) >= 11 is 0. The van der Waals surface area contributed by atoms with Crippen LogP contribution in [0.4, 0.5) is 13.2 Å². The second kappa shape index (κ2) is 14.0. The fourth-order valence-corrected chi connectivity index (χ4v) is 3.58. The van der Waals surface area contributed by atoms with Gasteiger partial charge in [-0.3, -0.25) is 0 Å². The number of hydrogen-bond acceptors (Lipinski definition) is 3. The van der Waals surface area contributed by atoms with Gasteiger partial charge in [-0.15, -0.1) is 0 Å². The predicted octanol–water partition coefficient (Wildman–Crippen LogP) is 6.72. The molecule has 0 spiro atoms. The maximum atomic E-state index is 12.6. The minimum atomic E-state index is -1.75. The molecule has 0 fully saturated rings. The molecule has 0 amide bonds. The first-order valence-corrected chi connectivity index (χ1v) is 11.3. The number of aromatic nitrogens is 2. The van der Waals surface area contributed by atoms with Gasteiger partial charge in [0.2, 0.25) is 6.93 Å². The number of para-hydroxylation sites is 2. The van der Waals surface area contributed by atoms with Crippen LogP contribution in [0.25, 0.3) is 11.0 Å². The van der Waals surface area contributed by atoms with Crippen LogP contribution in [0.5, 0.6) is 5.75 Å². The summed E-state index contributed by atoms with van der Waals surface area (Å²) in [5.41, 5.74) is 3.74. The maximum absolute atomic E-state index is 12.6. The summed E-state index contributed by atoms with van der Waals surface area (Å²) in [4.78, 5) is 16.3. The molecular formula is C27H31F3N2O3. The molecule has 8 heteroatoms. The second-order valence-corrected chi connectivity index (χ2v) is 7.98. The van der Waals surface area contributed by atoms with Gasteiger partial charge in [-0.25, -0.2) is 22.9 Å². The predicted molar refractivity (Wildman–Crippen MR) is 132 cm³/mol. The van der Waals surface area contributed by atoms with Gasteiger partial charge in [-0.2, -0.15) is 0 Å². The Kier molecular flexibility index (Phi) is 11.1. The van der Waals surface area contributed by atoms with E-state index in [9.17, 15) is 23.1 Å². The van der Waals surface area contributed by atoms with Gasteiger partial charge in [0.25, 0.3) is 0 Å². The highest BCUT2D eigenvalue weighted by atomic mass is 19.3. The molecule has 0 radical (unpaired) electrons. The standard InChI is InChI=1S/C26H29FN2O3.CH2F2/c1-4-32-24-14-20(12-13-21(24)26(30)31)15-25-28-22-10-5-6-11-23(22)29(25)17-19(3)9-7-8-18(2)16-27;2-1-3/h5-14,19H,4,15-17H2,1-3H3,(H,30,31);1H2/b9-7-,18-8+;. The third-order valence-corrected chi connectivity index (χ3v) is 5.17. The zero-order valence-electron chi connectivity index (χ0n) is 20.2. The molecule has 188 valence electrons. The van der Waals surface area contributed by atoms with Crippen LogP contribution in [0.1, 0.15) is 42.5 Å². The normalized spacial score (nSPS) is 12.5. The van der Waals surface area contributed by atoms with Gasteiger partial charge in [0.15, 0.2) is 0 Å². The lowest BCUT2D eigenvalue weighted by Crippen LogP contribution is -2.10. The number of halogens is 3. The zero-order valence-corrected chi connectivity index (χ0v) is 20.2. The first-order valence-electron chi connectivity index (χ1n) is 11.3. The van der Waals surface area contributed by atoms with Crippen molar-refractivity contribution in [1.82, 2.24) is 9.55 Å². The highest BCUT2D eigenvalue weighted by Crippen LogP contribution is 2.25. The molecule has 0 bridgehead atoms. The van der Waals surface area contributed by atoms with Gasteiger partial charge in [-0.1, -0.05) is 43.4 Å². The molecule has 0 aliphatic carbocycles. The van der Waals surface area contributed by atoms with Crippen molar-refractivity contribution in [2.45, 2.75) is 33.7 Å². The number of carboxylic acid groups (broad SMARTS) is 1. The van der Waals surface area contributed by atoms with E-state index < -0.39 is 19.6 Å². The molecule has 35 heavy (non-hydrogen) atoms. The molecule has 1 heterocycles. The first kappa shape index (κ1) is 27.7. The molecule has 2 aromatic carbocycles. The number of alkyl halides is 3. The molecule has 0 saturated carbocycles. The number of aromatic carboxylic acids is 1. The average Bonchev–Trinajstić information content (AvgIpc) is 3.16. The van der Waals surface area contributed by atoms with E-state index in [0.29, 0.717) is 24.4 Å². The number of nitrogens with zero attached hydrogens (tertiary/aromatic N) is 2. The number of fused-ring (bicyclic) bond motifs is 1. The third-order valence-electron chi connectivity index (χ3n) is 5.17. The van der Waals surface area contributed by atoms with Crippen LogP contribution in [-0.2, 0) is 13.0 Å². The molecule has 0 aliphatic rings. The molecule has 1 atom stereocenters. The van der Waals surface area contributed by atoms with Crippen LogP contribution in [0, 0.1) is 5.92 Å². The van der Waals surface area contributed by atoms with Gasteiger partial charge >= 0.3 is 5.97 Å². The summed E-state index contributed by atoms with van der Waals surface area (Å²) in [5.74, 6) is 0.465. The van der Waals surface area contributed by atoms with E-state index in [1.54, 1.807) is 25.1 Å². The fourth-order valence-electron chi connectivity index (χ4n) is 3.58. The molecule has 5 nitrogen and oxygen atoms in total. The Morgan fingerprint density at radius 3 is 2.57 bits per heavy atom. The van der Waals surface area contributed by atoms with Gasteiger partial charge in [0.1, 0.15) is 23.8 Å². The molecule has 1 unspecified atom stereocenters. The Bertz CT molecular complexity index is 1170. The van der Waals surface area contributed by atoms with Gasteiger partial charge < -0.3 is 14.4 Å². The third kappa shape index (κ3) is 8.02. The number of allylic oxidation sites excluding steroid dienone is 4. The highest BCUT2D eigenvalue weighted by Gasteiger charge is 2.16. The van der Waals surface area contributed by atoms with Crippen LogP contribution in [0.3, 0.4) is 0 Å². The number of imidazole rings is 1. The van der Waals surface area contributed by atoms with E-state index in [1.165, 1.54) is 0 Å².